The van der Waals surface area contributed by atoms with E-state index in [-0.39, 0.29) is 0 Å². The quantitative estimate of drug-likeness (QED) is 0.115. The normalized spacial score (nSPS) is 12.6. The number of para-hydroxylation sites is 4. The molecule has 0 radical (unpaired) electrons. The van der Waals surface area contributed by atoms with Crippen molar-refractivity contribution in [2.45, 2.75) is 10.8 Å². The lowest BCUT2D eigenvalue weighted by Crippen LogP contribution is -2.34. The Morgan fingerprint density at radius 3 is 0.708 bits per heavy atom. The Hall–Kier alpha value is -13.9. The van der Waals surface area contributed by atoms with E-state index in [1.807, 2.05) is 48.5 Å². The van der Waals surface area contributed by atoms with Crippen LogP contribution >= 0.6 is 0 Å². The topological polar surface area (TPSA) is 70.0 Å². The molecule has 6 heteroatoms. The lowest BCUT2D eigenvalue weighted by molar-refractivity contribution is 0.434. The zero-order valence-electron chi connectivity index (χ0n) is 57.9. The summed E-state index contributed by atoms with van der Waals surface area (Å²) < 4.78 is 13.2. The molecule has 17 aromatic rings. The summed E-state index contributed by atoms with van der Waals surface area (Å²) in [5.41, 5.74) is 23.9. The van der Waals surface area contributed by atoms with E-state index in [1.165, 1.54) is 11.1 Å². The van der Waals surface area contributed by atoms with Crippen LogP contribution in [-0.2, 0) is 10.8 Å². The third-order valence-electron chi connectivity index (χ3n) is 20.5. The molecule has 19 rings (SSSR count). The van der Waals surface area contributed by atoms with Crippen LogP contribution in [0.5, 0.6) is 23.0 Å². The van der Waals surface area contributed by atoms with Crippen molar-refractivity contribution >= 4 is 0 Å². The van der Waals surface area contributed by atoms with Crippen molar-refractivity contribution in [3.8, 4) is 124 Å². The van der Waals surface area contributed by atoms with Crippen LogP contribution in [0.1, 0.15) is 44.5 Å². The third kappa shape index (κ3) is 11.6. The number of nitrogens with zero attached hydrogens (tertiary/aromatic N) is 4. The Labute approximate surface area is 617 Å². The van der Waals surface area contributed by atoms with Gasteiger partial charge in [-0.15, -0.1) is 0 Å². The summed E-state index contributed by atoms with van der Waals surface area (Å²) in [6.07, 6.45) is 0. The molecule has 0 amide bonds. The summed E-state index contributed by atoms with van der Waals surface area (Å²) in [7, 11) is 0. The van der Waals surface area contributed by atoms with Gasteiger partial charge >= 0.3 is 0 Å². The molecular formula is C100H68N4O2. The minimum atomic E-state index is -0.686. The Morgan fingerprint density at radius 1 is 0.170 bits per heavy atom. The molecule has 2 aromatic heterocycles. The van der Waals surface area contributed by atoms with E-state index in [1.54, 1.807) is 0 Å². The molecule has 0 unspecified atom stereocenters. The number of benzene rings is 15. The zero-order valence-corrected chi connectivity index (χ0v) is 57.9. The Morgan fingerprint density at radius 2 is 0.387 bits per heavy atom. The van der Waals surface area contributed by atoms with Crippen LogP contribution in [0.15, 0.2) is 413 Å². The van der Waals surface area contributed by atoms with E-state index in [0.717, 1.165) is 146 Å². The maximum atomic E-state index is 6.64. The first-order valence-corrected chi connectivity index (χ1v) is 35.9. The zero-order chi connectivity index (χ0) is 70.6. The SMILES string of the molecule is c1ccc(-c2cc(-c3ccccc3)nc(-c3ccccc3-c3ccccc3C3(c4ccccc4)c4ccccc4Oc4ccccc43)n2)cc1.c1ccc(-c2ccc(-c3cc(-c4ccccc4)nc(-c4ccccc4-c4ccccc4C4(c5ccccc5)c5ccccc5Oc5ccccc54)n3)cc2)cc1. The minimum absolute atomic E-state index is 0.667. The van der Waals surface area contributed by atoms with Crippen LogP contribution < -0.4 is 9.47 Å². The van der Waals surface area contributed by atoms with Crippen molar-refractivity contribution in [1.29, 1.82) is 0 Å². The molecule has 0 bridgehead atoms. The minimum Gasteiger partial charge on any atom is -0.457 e. The maximum absolute atomic E-state index is 6.64. The lowest BCUT2D eigenvalue weighted by atomic mass is 9.62. The van der Waals surface area contributed by atoms with Crippen LogP contribution in [0, 0.1) is 0 Å². The van der Waals surface area contributed by atoms with Crippen LogP contribution in [0.2, 0.25) is 0 Å². The van der Waals surface area contributed by atoms with Crippen molar-refractivity contribution in [3.63, 3.8) is 0 Å². The molecule has 106 heavy (non-hydrogen) atoms. The van der Waals surface area contributed by atoms with E-state index in [9.17, 15) is 0 Å². The molecule has 500 valence electrons. The molecule has 4 heterocycles. The van der Waals surface area contributed by atoms with Gasteiger partial charge in [0.05, 0.1) is 33.6 Å². The number of hydrogen-bond donors (Lipinski definition) is 0. The fourth-order valence-electron chi connectivity index (χ4n) is 15.8. The summed E-state index contributed by atoms with van der Waals surface area (Å²) in [5.74, 6) is 4.74. The molecule has 0 atom stereocenters. The fourth-order valence-corrected chi connectivity index (χ4v) is 15.8. The summed E-state index contributed by atoms with van der Waals surface area (Å²) in [5, 5.41) is 0. The highest BCUT2D eigenvalue weighted by molar-refractivity contribution is 5.90. The molecule has 0 spiro atoms. The second-order valence-electron chi connectivity index (χ2n) is 26.6. The van der Waals surface area contributed by atoms with Crippen LogP contribution in [0.3, 0.4) is 0 Å². The van der Waals surface area contributed by atoms with Crippen molar-refractivity contribution in [3.05, 3.63) is 457 Å². The van der Waals surface area contributed by atoms with Gasteiger partial charge in [-0.25, -0.2) is 19.9 Å². The van der Waals surface area contributed by atoms with Gasteiger partial charge < -0.3 is 9.47 Å². The van der Waals surface area contributed by atoms with E-state index >= 15 is 0 Å². The van der Waals surface area contributed by atoms with Crippen molar-refractivity contribution < 1.29 is 9.47 Å². The monoisotopic (exact) mass is 1360 g/mol. The first-order valence-electron chi connectivity index (χ1n) is 35.9. The number of fused-ring (bicyclic) bond motifs is 4. The molecular weight excluding hydrogens is 1290 g/mol. The molecule has 2 aliphatic rings. The van der Waals surface area contributed by atoms with Gasteiger partial charge in [-0.2, -0.15) is 0 Å². The van der Waals surface area contributed by atoms with Crippen LogP contribution in [0.4, 0.5) is 0 Å². The molecule has 0 N–H and O–H groups in total. The maximum Gasteiger partial charge on any atom is 0.161 e. The van der Waals surface area contributed by atoms with Crippen LogP contribution in [0.25, 0.3) is 101 Å². The number of ether oxygens (including phenoxy) is 2. The van der Waals surface area contributed by atoms with E-state index in [0.29, 0.717) is 11.6 Å². The van der Waals surface area contributed by atoms with Gasteiger partial charge in [0.2, 0.25) is 0 Å². The first-order chi connectivity index (χ1) is 52.6. The smallest absolute Gasteiger partial charge is 0.161 e. The number of hydrogen-bond acceptors (Lipinski definition) is 6. The van der Waals surface area contributed by atoms with Gasteiger partial charge in [0, 0.05) is 55.6 Å². The molecule has 6 nitrogen and oxygen atoms in total. The average molecular weight is 1360 g/mol. The van der Waals surface area contributed by atoms with Crippen molar-refractivity contribution in [2.75, 3.05) is 0 Å². The predicted molar refractivity (Wildman–Crippen MR) is 430 cm³/mol. The summed E-state index contributed by atoms with van der Waals surface area (Å²) in [6, 6.07) is 144. The third-order valence-corrected chi connectivity index (χ3v) is 20.5. The van der Waals surface area contributed by atoms with E-state index < -0.39 is 10.8 Å². The molecule has 15 aromatic carbocycles. The molecule has 0 saturated carbocycles. The van der Waals surface area contributed by atoms with Gasteiger partial charge in [0.15, 0.2) is 11.6 Å². The van der Waals surface area contributed by atoms with Gasteiger partial charge in [-0.1, -0.05) is 376 Å². The summed E-state index contributed by atoms with van der Waals surface area (Å²) in [6.45, 7) is 0. The average Bonchev–Trinajstić information content (AvgIpc) is 0.707. The summed E-state index contributed by atoms with van der Waals surface area (Å²) in [4.78, 5) is 21.1. The van der Waals surface area contributed by atoms with Gasteiger partial charge in [0.1, 0.15) is 23.0 Å². The standard InChI is InChI=1S/C53H36N2O.C47H32N2O/c1-4-18-37(19-5-1)38-32-34-40(35-33-38)49-36-48(39-20-6-2-7-21-39)54-52(55-49)44-26-11-10-24-42(44)43-25-12-13-27-45(43)53(41-22-8-3-9-23-41)46-28-14-16-30-50(46)56-51-31-17-15-29-47(51)53;1-4-18-33(19-5-1)42-32-43(34-20-6-2-7-21-34)49-46(48-42)38-26-11-10-24-36(38)37-25-12-13-27-39(37)47(35-22-8-3-9-23-35)40-28-14-16-30-44(40)50-45-31-17-15-29-41(45)47/h1-36H;1-32H. The summed E-state index contributed by atoms with van der Waals surface area (Å²) >= 11 is 0. The second-order valence-corrected chi connectivity index (χ2v) is 26.6. The molecule has 0 aliphatic carbocycles. The fraction of sp³-hybridized carbons (Fsp3) is 0.0200. The predicted octanol–water partition coefficient (Wildman–Crippen LogP) is 24.9. The molecule has 2 aliphatic heterocycles. The Kier molecular flexibility index (Phi) is 17.0. The van der Waals surface area contributed by atoms with Crippen molar-refractivity contribution in [2.24, 2.45) is 0 Å². The van der Waals surface area contributed by atoms with Crippen LogP contribution in [-0.4, -0.2) is 19.9 Å². The molecule has 0 fully saturated rings. The molecule has 0 saturated heterocycles. The van der Waals surface area contributed by atoms with E-state index in [2.05, 4.69) is 364 Å². The second kappa shape index (κ2) is 28.1. The highest BCUT2D eigenvalue weighted by Crippen LogP contribution is 2.59. The largest absolute Gasteiger partial charge is 0.457 e. The van der Waals surface area contributed by atoms with E-state index in [4.69, 9.17) is 29.4 Å². The van der Waals surface area contributed by atoms with Gasteiger partial charge in [-0.05, 0) is 92.0 Å². The Balaban J connectivity index is 0.000000151. The first kappa shape index (κ1) is 64.2. The highest BCUT2D eigenvalue weighted by atomic mass is 16.5. The van der Waals surface area contributed by atoms with Gasteiger partial charge in [-0.3, -0.25) is 0 Å². The number of rotatable bonds is 13. The highest BCUT2D eigenvalue weighted by Gasteiger charge is 2.48. The van der Waals surface area contributed by atoms with Crippen molar-refractivity contribution in [1.82, 2.24) is 19.9 Å². The lowest BCUT2D eigenvalue weighted by Gasteiger charge is -2.42. The van der Waals surface area contributed by atoms with Gasteiger partial charge in [0.25, 0.3) is 0 Å². The number of aromatic nitrogens is 4. The Bertz CT molecular complexity index is 5860.